The van der Waals surface area contributed by atoms with Crippen LogP contribution in [0, 0.1) is 5.82 Å². The van der Waals surface area contributed by atoms with Crippen molar-refractivity contribution in [2.75, 3.05) is 14.2 Å². The molecule has 0 unspecified atom stereocenters. The maximum atomic E-state index is 13.7. The standard InChI is InChI=1S/C18H16FNO4/c1-20-9-14(11-6-10(19)4-5-15(11)20)12-7-17(24-3)13(18(21)22)8-16(12)23-2/h4-9H,1-3H3,(H,21,22). The maximum absolute atomic E-state index is 13.7. The van der Waals surface area contributed by atoms with E-state index >= 15 is 0 Å². The summed E-state index contributed by atoms with van der Waals surface area (Å²) in [7, 11) is 4.72. The number of fused-ring (bicyclic) bond motifs is 1. The van der Waals surface area contributed by atoms with E-state index in [9.17, 15) is 14.3 Å². The molecular formula is C18H16FNO4. The molecule has 0 radical (unpaired) electrons. The summed E-state index contributed by atoms with van der Waals surface area (Å²) >= 11 is 0. The van der Waals surface area contributed by atoms with Crippen LogP contribution in [-0.4, -0.2) is 29.9 Å². The van der Waals surface area contributed by atoms with Crippen LogP contribution in [0.15, 0.2) is 36.5 Å². The lowest BCUT2D eigenvalue weighted by Gasteiger charge is -2.12. The van der Waals surface area contributed by atoms with E-state index in [1.807, 2.05) is 17.8 Å². The normalized spacial score (nSPS) is 10.8. The van der Waals surface area contributed by atoms with Gasteiger partial charge in [-0.15, -0.1) is 0 Å². The predicted molar refractivity (Wildman–Crippen MR) is 88.4 cm³/mol. The molecule has 1 heterocycles. The first-order valence-corrected chi connectivity index (χ1v) is 7.20. The van der Waals surface area contributed by atoms with Crippen molar-refractivity contribution in [3.05, 3.63) is 47.9 Å². The van der Waals surface area contributed by atoms with Crippen LogP contribution in [0.4, 0.5) is 4.39 Å². The zero-order chi connectivity index (χ0) is 17.4. The number of ether oxygens (including phenoxy) is 2. The van der Waals surface area contributed by atoms with Gasteiger partial charge in [0.05, 0.1) is 14.2 Å². The van der Waals surface area contributed by atoms with Gasteiger partial charge in [-0.1, -0.05) is 0 Å². The quantitative estimate of drug-likeness (QED) is 0.793. The van der Waals surface area contributed by atoms with E-state index < -0.39 is 5.97 Å². The van der Waals surface area contributed by atoms with Crippen LogP contribution in [0.5, 0.6) is 11.5 Å². The number of hydrogen-bond acceptors (Lipinski definition) is 3. The largest absolute Gasteiger partial charge is 0.496 e. The first kappa shape index (κ1) is 15.9. The number of carboxylic acids is 1. The van der Waals surface area contributed by atoms with E-state index in [4.69, 9.17) is 9.47 Å². The topological polar surface area (TPSA) is 60.7 Å². The van der Waals surface area contributed by atoms with Gasteiger partial charge in [-0.05, 0) is 30.3 Å². The van der Waals surface area contributed by atoms with Crippen molar-refractivity contribution < 1.29 is 23.8 Å². The Hall–Kier alpha value is -3.02. The van der Waals surface area contributed by atoms with E-state index in [-0.39, 0.29) is 17.1 Å². The highest BCUT2D eigenvalue weighted by Gasteiger charge is 2.20. The van der Waals surface area contributed by atoms with Crippen LogP contribution < -0.4 is 9.47 Å². The average molecular weight is 329 g/mol. The minimum absolute atomic E-state index is 0.00418. The summed E-state index contributed by atoms with van der Waals surface area (Å²) in [5.41, 5.74) is 2.23. The number of hydrogen-bond donors (Lipinski definition) is 1. The fraction of sp³-hybridized carbons (Fsp3) is 0.167. The lowest BCUT2D eigenvalue weighted by Crippen LogP contribution is -2.02. The number of aryl methyl sites for hydroxylation is 1. The predicted octanol–water partition coefficient (Wildman–Crippen LogP) is 3.70. The third kappa shape index (κ3) is 2.46. The first-order chi connectivity index (χ1) is 11.5. The van der Waals surface area contributed by atoms with E-state index in [0.717, 1.165) is 11.1 Å². The fourth-order valence-corrected chi connectivity index (χ4v) is 2.85. The molecule has 124 valence electrons. The molecule has 2 aromatic carbocycles. The van der Waals surface area contributed by atoms with Gasteiger partial charge in [0.25, 0.3) is 0 Å². The van der Waals surface area contributed by atoms with Gasteiger partial charge in [0, 0.05) is 35.3 Å². The van der Waals surface area contributed by atoms with Gasteiger partial charge in [0.2, 0.25) is 0 Å². The molecule has 0 saturated carbocycles. The van der Waals surface area contributed by atoms with Gasteiger partial charge in [0.1, 0.15) is 22.9 Å². The summed E-state index contributed by atoms with van der Waals surface area (Å²) in [6.07, 6.45) is 1.85. The van der Waals surface area contributed by atoms with E-state index in [2.05, 4.69) is 0 Å². The van der Waals surface area contributed by atoms with Crippen LogP contribution in [-0.2, 0) is 7.05 Å². The van der Waals surface area contributed by atoms with Crippen molar-refractivity contribution in [2.24, 2.45) is 7.05 Å². The smallest absolute Gasteiger partial charge is 0.339 e. The van der Waals surface area contributed by atoms with Crippen molar-refractivity contribution in [1.82, 2.24) is 4.57 Å². The Balaban J connectivity index is 2.33. The zero-order valence-corrected chi connectivity index (χ0v) is 13.5. The molecule has 0 atom stereocenters. The van der Waals surface area contributed by atoms with Gasteiger partial charge in [-0.2, -0.15) is 0 Å². The molecule has 0 spiro atoms. The van der Waals surface area contributed by atoms with Crippen LogP contribution in [0.1, 0.15) is 10.4 Å². The highest BCUT2D eigenvalue weighted by molar-refractivity contribution is 6.00. The molecule has 5 nitrogen and oxygen atoms in total. The van der Waals surface area contributed by atoms with Gasteiger partial charge in [-0.3, -0.25) is 0 Å². The van der Waals surface area contributed by atoms with Crippen LogP contribution in [0.25, 0.3) is 22.0 Å². The number of halogens is 1. The number of benzene rings is 2. The van der Waals surface area contributed by atoms with E-state index in [0.29, 0.717) is 16.7 Å². The Morgan fingerprint density at radius 1 is 1.08 bits per heavy atom. The Labute approximate surface area is 137 Å². The van der Waals surface area contributed by atoms with Crippen LogP contribution in [0.2, 0.25) is 0 Å². The lowest BCUT2D eigenvalue weighted by molar-refractivity contribution is 0.0693. The molecule has 0 fully saturated rings. The van der Waals surface area contributed by atoms with Crippen LogP contribution >= 0.6 is 0 Å². The van der Waals surface area contributed by atoms with E-state index in [1.54, 1.807) is 12.1 Å². The van der Waals surface area contributed by atoms with Crippen molar-refractivity contribution in [1.29, 1.82) is 0 Å². The minimum atomic E-state index is -1.11. The highest BCUT2D eigenvalue weighted by atomic mass is 19.1. The first-order valence-electron chi connectivity index (χ1n) is 7.20. The lowest BCUT2D eigenvalue weighted by atomic mass is 10.0. The molecule has 0 saturated heterocycles. The van der Waals surface area contributed by atoms with Gasteiger partial charge in [-0.25, -0.2) is 9.18 Å². The average Bonchev–Trinajstić information content (AvgIpc) is 2.89. The molecule has 0 bridgehead atoms. The maximum Gasteiger partial charge on any atom is 0.339 e. The summed E-state index contributed by atoms with van der Waals surface area (Å²) in [6.45, 7) is 0. The number of aromatic carboxylic acids is 1. The number of carboxylic acid groups (broad SMARTS) is 1. The van der Waals surface area contributed by atoms with Gasteiger partial charge in [0.15, 0.2) is 0 Å². The number of methoxy groups -OCH3 is 2. The van der Waals surface area contributed by atoms with Crippen molar-refractivity contribution in [3.8, 4) is 22.6 Å². The molecule has 1 aromatic heterocycles. The fourth-order valence-electron chi connectivity index (χ4n) is 2.85. The molecule has 24 heavy (non-hydrogen) atoms. The second kappa shape index (κ2) is 5.88. The van der Waals surface area contributed by atoms with Crippen molar-refractivity contribution in [2.45, 2.75) is 0 Å². The number of aromatic nitrogens is 1. The Bertz CT molecular complexity index is 946. The molecule has 3 aromatic rings. The zero-order valence-electron chi connectivity index (χ0n) is 13.5. The highest BCUT2D eigenvalue weighted by Crippen LogP contribution is 2.40. The molecule has 0 aliphatic rings. The van der Waals surface area contributed by atoms with Crippen molar-refractivity contribution >= 4 is 16.9 Å². The molecule has 0 aliphatic heterocycles. The second-order valence-corrected chi connectivity index (χ2v) is 5.37. The van der Waals surface area contributed by atoms with Crippen LogP contribution in [0.3, 0.4) is 0 Å². The Morgan fingerprint density at radius 3 is 2.42 bits per heavy atom. The van der Waals surface area contributed by atoms with Gasteiger partial charge >= 0.3 is 5.97 Å². The molecule has 0 aliphatic carbocycles. The monoisotopic (exact) mass is 329 g/mol. The number of nitrogens with zero attached hydrogens (tertiary/aromatic N) is 1. The summed E-state index contributed by atoms with van der Waals surface area (Å²) in [5.74, 6) is -0.861. The summed E-state index contributed by atoms with van der Waals surface area (Å²) in [5, 5.41) is 10.0. The summed E-state index contributed by atoms with van der Waals surface area (Å²) in [4.78, 5) is 11.4. The molecule has 1 N–H and O–H groups in total. The number of rotatable bonds is 4. The molecular weight excluding hydrogens is 313 g/mol. The van der Waals surface area contributed by atoms with E-state index in [1.165, 1.54) is 32.4 Å². The third-order valence-corrected chi connectivity index (χ3v) is 3.99. The third-order valence-electron chi connectivity index (χ3n) is 3.99. The Morgan fingerprint density at radius 2 is 1.79 bits per heavy atom. The molecule has 6 heteroatoms. The van der Waals surface area contributed by atoms with Crippen molar-refractivity contribution in [3.63, 3.8) is 0 Å². The summed E-state index contributed by atoms with van der Waals surface area (Å²) in [6, 6.07) is 7.55. The SMILES string of the molecule is COc1cc(-c2cn(C)c3ccc(F)cc23)c(OC)cc1C(=O)O. The Kier molecular flexibility index (Phi) is 3.89. The number of carbonyl (C=O) groups is 1. The van der Waals surface area contributed by atoms with Gasteiger partial charge < -0.3 is 19.1 Å². The second-order valence-electron chi connectivity index (χ2n) is 5.37. The molecule has 3 rings (SSSR count). The summed E-state index contributed by atoms with van der Waals surface area (Å²) < 4.78 is 26.1. The minimum Gasteiger partial charge on any atom is -0.496 e. The molecule has 0 amide bonds.